The van der Waals surface area contributed by atoms with E-state index in [1.54, 1.807) is 0 Å². The van der Waals surface area contributed by atoms with Crippen LogP contribution in [0.15, 0.2) is 4.60 Å². The molecule has 4 nitrogen and oxygen atoms in total. The summed E-state index contributed by atoms with van der Waals surface area (Å²) in [4.78, 5) is 0. The molecule has 0 saturated heterocycles. The van der Waals surface area contributed by atoms with Crippen LogP contribution in [0.5, 0.6) is 0 Å². The molecule has 0 bridgehead atoms. The molecule has 0 aliphatic heterocycles. The van der Waals surface area contributed by atoms with Crippen LogP contribution in [0.2, 0.25) is 0 Å². The van der Waals surface area contributed by atoms with Crippen molar-refractivity contribution in [3.05, 3.63) is 10.3 Å². The monoisotopic (exact) mass is 330 g/mol. The number of unbranched alkanes of at least 4 members (excludes halogenated alkanes) is 5. The van der Waals surface area contributed by atoms with E-state index in [9.17, 15) is 0 Å². The number of halogens is 1. The van der Waals surface area contributed by atoms with Crippen LogP contribution in [0, 0.1) is 0 Å². The van der Waals surface area contributed by atoms with E-state index in [2.05, 4.69) is 45.4 Å². The molecule has 0 radical (unpaired) electrons. The van der Waals surface area contributed by atoms with Gasteiger partial charge in [0.15, 0.2) is 4.60 Å². The van der Waals surface area contributed by atoms with Gasteiger partial charge in [0.05, 0.1) is 11.7 Å². The lowest BCUT2D eigenvalue weighted by atomic mass is 10.0. The van der Waals surface area contributed by atoms with Crippen LogP contribution >= 0.6 is 15.9 Å². The maximum atomic E-state index is 4.08. The quantitative estimate of drug-likeness (QED) is 0.660. The van der Waals surface area contributed by atoms with E-state index in [0.717, 1.165) is 23.3 Å². The summed E-state index contributed by atoms with van der Waals surface area (Å²) in [6, 6.07) is 0.352. The SMILES string of the molecule is CCCCCCCCC(NCC)c1c(Br)nnn1C. The van der Waals surface area contributed by atoms with Gasteiger partial charge < -0.3 is 5.32 Å². The third-order valence-corrected chi connectivity index (χ3v) is 4.02. The molecule has 1 heterocycles. The second-order valence-corrected chi connectivity index (χ2v) is 5.81. The fourth-order valence-corrected chi connectivity index (χ4v) is 3.02. The zero-order chi connectivity index (χ0) is 14.1. The summed E-state index contributed by atoms with van der Waals surface area (Å²) in [6.07, 6.45) is 9.15. The van der Waals surface area contributed by atoms with Crippen molar-refractivity contribution in [1.82, 2.24) is 20.3 Å². The average molecular weight is 331 g/mol. The first-order valence-corrected chi connectivity index (χ1v) is 8.28. The molecule has 0 fully saturated rings. The maximum absolute atomic E-state index is 4.08. The summed E-state index contributed by atoms with van der Waals surface area (Å²) in [6.45, 7) is 5.37. The summed E-state index contributed by atoms with van der Waals surface area (Å²) in [5, 5.41) is 11.7. The standard InChI is InChI=1S/C14H27BrN4/c1-4-6-7-8-9-10-11-12(16-5-2)13-14(15)17-18-19(13)3/h12,16H,4-11H2,1-3H3. The molecule has 19 heavy (non-hydrogen) atoms. The average Bonchev–Trinajstić information content (AvgIpc) is 2.72. The number of aromatic nitrogens is 3. The van der Waals surface area contributed by atoms with Gasteiger partial charge in [0.2, 0.25) is 0 Å². The second-order valence-electron chi connectivity index (χ2n) is 5.06. The van der Waals surface area contributed by atoms with Crippen LogP contribution in [0.1, 0.15) is 70.5 Å². The van der Waals surface area contributed by atoms with E-state index in [1.165, 1.54) is 38.5 Å². The molecule has 0 aliphatic carbocycles. The Kier molecular flexibility index (Phi) is 8.30. The van der Waals surface area contributed by atoms with Crippen molar-refractivity contribution in [2.75, 3.05) is 6.54 Å². The minimum absolute atomic E-state index is 0.352. The first-order chi connectivity index (χ1) is 9.20. The smallest absolute Gasteiger partial charge is 0.153 e. The molecule has 1 unspecified atom stereocenters. The predicted molar refractivity (Wildman–Crippen MR) is 83.1 cm³/mol. The van der Waals surface area contributed by atoms with Crippen LogP contribution in [0.25, 0.3) is 0 Å². The topological polar surface area (TPSA) is 42.7 Å². The number of rotatable bonds is 10. The lowest BCUT2D eigenvalue weighted by Crippen LogP contribution is -2.23. The van der Waals surface area contributed by atoms with Gasteiger partial charge in [-0.1, -0.05) is 57.6 Å². The Hall–Kier alpha value is -0.420. The molecule has 0 spiro atoms. The number of aryl methyl sites for hydroxylation is 1. The highest BCUT2D eigenvalue weighted by atomic mass is 79.9. The zero-order valence-corrected chi connectivity index (χ0v) is 14.0. The molecule has 1 aromatic heterocycles. The first-order valence-electron chi connectivity index (χ1n) is 7.49. The van der Waals surface area contributed by atoms with Gasteiger partial charge in [-0.2, -0.15) is 0 Å². The van der Waals surface area contributed by atoms with Crippen molar-refractivity contribution >= 4 is 15.9 Å². The van der Waals surface area contributed by atoms with Gasteiger partial charge in [0.1, 0.15) is 0 Å². The Morgan fingerprint density at radius 1 is 1.16 bits per heavy atom. The number of nitrogens with zero attached hydrogens (tertiary/aromatic N) is 3. The number of hydrogen-bond donors (Lipinski definition) is 1. The van der Waals surface area contributed by atoms with Crippen molar-refractivity contribution in [3.63, 3.8) is 0 Å². The summed E-state index contributed by atoms with van der Waals surface area (Å²) >= 11 is 3.50. The minimum atomic E-state index is 0.352. The summed E-state index contributed by atoms with van der Waals surface area (Å²) in [7, 11) is 1.96. The molecule has 0 saturated carbocycles. The zero-order valence-electron chi connectivity index (χ0n) is 12.5. The highest BCUT2D eigenvalue weighted by Crippen LogP contribution is 2.25. The molecule has 1 N–H and O–H groups in total. The fraction of sp³-hybridized carbons (Fsp3) is 0.857. The van der Waals surface area contributed by atoms with Crippen molar-refractivity contribution in [2.45, 2.75) is 64.8 Å². The van der Waals surface area contributed by atoms with Crippen LogP contribution in [-0.2, 0) is 7.05 Å². The number of hydrogen-bond acceptors (Lipinski definition) is 3. The third kappa shape index (κ3) is 5.61. The van der Waals surface area contributed by atoms with E-state index in [0.29, 0.717) is 6.04 Å². The first kappa shape index (κ1) is 16.6. The second kappa shape index (κ2) is 9.48. The van der Waals surface area contributed by atoms with Gasteiger partial charge in [-0.05, 0) is 28.9 Å². The molecule has 1 aromatic rings. The van der Waals surface area contributed by atoms with E-state index < -0.39 is 0 Å². The maximum Gasteiger partial charge on any atom is 0.153 e. The lowest BCUT2D eigenvalue weighted by Gasteiger charge is -2.18. The molecular formula is C14H27BrN4. The van der Waals surface area contributed by atoms with Gasteiger partial charge in [-0.25, -0.2) is 4.68 Å². The van der Waals surface area contributed by atoms with Crippen LogP contribution in [0.4, 0.5) is 0 Å². The van der Waals surface area contributed by atoms with Gasteiger partial charge in [0.25, 0.3) is 0 Å². The Balaban J connectivity index is 2.41. The summed E-state index contributed by atoms with van der Waals surface area (Å²) < 4.78 is 2.74. The molecular weight excluding hydrogens is 304 g/mol. The molecule has 1 rings (SSSR count). The van der Waals surface area contributed by atoms with E-state index >= 15 is 0 Å². The Labute approximate surface area is 125 Å². The van der Waals surface area contributed by atoms with Crippen molar-refractivity contribution in [2.24, 2.45) is 7.05 Å². The van der Waals surface area contributed by atoms with Gasteiger partial charge in [-0.15, -0.1) is 5.10 Å². The van der Waals surface area contributed by atoms with E-state index in [-0.39, 0.29) is 0 Å². The van der Waals surface area contributed by atoms with Crippen LogP contribution in [0.3, 0.4) is 0 Å². The molecule has 110 valence electrons. The fourth-order valence-electron chi connectivity index (χ4n) is 2.42. The normalized spacial score (nSPS) is 12.8. The summed E-state index contributed by atoms with van der Waals surface area (Å²) in [5.41, 5.74) is 1.16. The highest BCUT2D eigenvalue weighted by Gasteiger charge is 2.18. The third-order valence-electron chi connectivity index (χ3n) is 3.45. The Morgan fingerprint density at radius 2 is 1.84 bits per heavy atom. The lowest BCUT2D eigenvalue weighted by molar-refractivity contribution is 0.450. The van der Waals surface area contributed by atoms with Crippen molar-refractivity contribution in [1.29, 1.82) is 0 Å². The molecule has 0 aliphatic rings. The molecule has 0 amide bonds. The highest BCUT2D eigenvalue weighted by molar-refractivity contribution is 9.10. The van der Waals surface area contributed by atoms with Crippen LogP contribution < -0.4 is 5.32 Å². The molecule has 0 aromatic carbocycles. The minimum Gasteiger partial charge on any atom is -0.309 e. The van der Waals surface area contributed by atoms with Crippen molar-refractivity contribution < 1.29 is 0 Å². The largest absolute Gasteiger partial charge is 0.309 e. The van der Waals surface area contributed by atoms with Gasteiger partial charge in [-0.3, -0.25) is 0 Å². The number of nitrogens with one attached hydrogen (secondary N) is 1. The van der Waals surface area contributed by atoms with E-state index in [4.69, 9.17) is 0 Å². The van der Waals surface area contributed by atoms with E-state index in [1.807, 2.05) is 11.7 Å². The molecule has 5 heteroatoms. The Morgan fingerprint density at radius 3 is 2.42 bits per heavy atom. The van der Waals surface area contributed by atoms with Gasteiger partial charge >= 0.3 is 0 Å². The predicted octanol–water partition coefficient (Wildman–Crippen LogP) is 3.98. The Bertz CT molecular complexity index is 332. The van der Waals surface area contributed by atoms with Gasteiger partial charge in [0, 0.05) is 7.05 Å². The van der Waals surface area contributed by atoms with Crippen LogP contribution in [-0.4, -0.2) is 21.5 Å². The summed E-state index contributed by atoms with van der Waals surface area (Å²) in [5.74, 6) is 0. The van der Waals surface area contributed by atoms with Crippen molar-refractivity contribution in [3.8, 4) is 0 Å². The molecule has 1 atom stereocenters.